The SMILES string of the molecule is [C-]#[N+]c1cccc2c(N)c(CCC(Cl)OC(=O)C(=C)Cl)ccc12. The first-order valence-corrected chi connectivity index (χ1v) is 7.62. The minimum atomic E-state index is -0.817. The lowest BCUT2D eigenvalue weighted by molar-refractivity contribution is -0.140. The molecule has 0 bridgehead atoms. The number of carbonyl (C=O) groups is 1. The molecular formula is C17H14Cl2N2O2. The lowest BCUT2D eigenvalue weighted by Crippen LogP contribution is -2.13. The molecule has 0 saturated carbocycles. The third-order valence-corrected chi connectivity index (χ3v) is 3.85. The smallest absolute Gasteiger partial charge is 0.350 e. The zero-order valence-corrected chi connectivity index (χ0v) is 13.7. The maximum absolute atomic E-state index is 11.3. The van der Waals surface area contributed by atoms with E-state index in [0.29, 0.717) is 24.2 Å². The fraction of sp³-hybridized carbons (Fsp3) is 0.176. The highest BCUT2D eigenvalue weighted by Crippen LogP contribution is 2.32. The van der Waals surface area contributed by atoms with E-state index in [9.17, 15) is 4.79 Å². The van der Waals surface area contributed by atoms with Crippen LogP contribution in [0.15, 0.2) is 41.9 Å². The Morgan fingerprint density at radius 2 is 2.09 bits per heavy atom. The first-order chi connectivity index (χ1) is 10.9. The molecule has 0 spiro atoms. The number of ether oxygens (including phenoxy) is 1. The summed E-state index contributed by atoms with van der Waals surface area (Å²) in [6.07, 6.45) is 0.913. The molecule has 6 heteroatoms. The van der Waals surface area contributed by atoms with Crippen molar-refractivity contribution >= 4 is 51.3 Å². The van der Waals surface area contributed by atoms with Gasteiger partial charge in [-0.1, -0.05) is 60.1 Å². The number of hydrogen-bond acceptors (Lipinski definition) is 3. The van der Waals surface area contributed by atoms with Crippen molar-refractivity contribution in [2.24, 2.45) is 0 Å². The number of rotatable bonds is 5. The summed E-state index contributed by atoms with van der Waals surface area (Å²) in [5, 5.41) is 1.43. The Kier molecular flexibility index (Phi) is 5.49. The molecule has 2 N–H and O–H groups in total. The van der Waals surface area contributed by atoms with Crippen LogP contribution in [0.4, 0.5) is 11.4 Å². The predicted octanol–water partition coefficient (Wildman–Crippen LogP) is 4.77. The molecule has 0 heterocycles. The van der Waals surface area contributed by atoms with Crippen LogP contribution in [0.5, 0.6) is 0 Å². The molecule has 118 valence electrons. The average Bonchev–Trinajstić information content (AvgIpc) is 2.53. The Hall–Kier alpha value is -2.22. The summed E-state index contributed by atoms with van der Waals surface area (Å²) < 4.78 is 4.91. The highest BCUT2D eigenvalue weighted by molar-refractivity contribution is 6.41. The maximum Gasteiger partial charge on any atom is 0.350 e. The van der Waals surface area contributed by atoms with Crippen molar-refractivity contribution in [1.82, 2.24) is 0 Å². The van der Waals surface area contributed by atoms with Gasteiger partial charge in [0.15, 0.2) is 11.3 Å². The molecule has 2 aromatic carbocycles. The molecule has 2 rings (SSSR count). The number of benzene rings is 2. The molecule has 0 aliphatic heterocycles. The van der Waals surface area contributed by atoms with Crippen molar-refractivity contribution in [3.05, 3.63) is 58.9 Å². The average molecular weight is 349 g/mol. The predicted molar refractivity (Wildman–Crippen MR) is 93.7 cm³/mol. The molecule has 1 unspecified atom stereocenters. The Labute approximate surface area is 144 Å². The lowest BCUT2D eigenvalue weighted by atomic mass is 10.00. The summed E-state index contributed by atoms with van der Waals surface area (Å²) in [5.74, 6) is -0.736. The number of fused-ring (bicyclic) bond motifs is 1. The molecular weight excluding hydrogens is 335 g/mol. The summed E-state index contributed by atoms with van der Waals surface area (Å²) >= 11 is 11.4. The summed E-state index contributed by atoms with van der Waals surface area (Å²) in [6.45, 7) is 10.5. The Morgan fingerprint density at radius 3 is 2.74 bits per heavy atom. The van der Waals surface area contributed by atoms with Crippen molar-refractivity contribution in [1.29, 1.82) is 0 Å². The van der Waals surface area contributed by atoms with Gasteiger partial charge in [-0.3, -0.25) is 0 Å². The number of esters is 1. The van der Waals surface area contributed by atoms with Gasteiger partial charge in [0.25, 0.3) is 0 Å². The maximum atomic E-state index is 11.3. The normalized spacial score (nSPS) is 11.7. The molecule has 0 aliphatic carbocycles. The van der Waals surface area contributed by atoms with Gasteiger partial charge in [-0.2, -0.15) is 0 Å². The Bertz CT molecular complexity index is 812. The van der Waals surface area contributed by atoms with Crippen LogP contribution in [-0.4, -0.2) is 11.5 Å². The van der Waals surface area contributed by atoms with Crippen molar-refractivity contribution in [2.75, 3.05) is 5.73 Å². The number of carbonyl (C=O) groups excluding carboxylic acids is 1. The second kappa shape index (κ2) is 7.36. The van der Waals surface area contributed by atoms with Crippen molar-refractivity contribution < 1.29 is 9.53 Å². The molecule has 0 amide bonds. The number of anilines is 1. The van der Waals surface area contributed by atoms with Gasteiger partial charge in [-0.25, -0.2) is 9.64 Å². The zero-order chi connectivity index (χ0) is 17.0. The summed E-state index contributed by atoms with van der Waals surface area (Å²) in [4.78, 5) is 14.8. The topological polar surface area (TPSA) is 56.7 Å². The van der Waals surface area contributed by atoms with Crippen LogP contribution in [0.1, 0.15) is 12.0 Å². The minimum absolute atomic E-state index is 0.215. The largest absolute Gasteiger partial charge is 0.442 e. The van der Waals surface area contributed by atoms with Crippen LogP contribution in [0.3, 0.4) is 0 Å². The van der Waals surface area contributed by atoms with Gasteiger partial charge in [0.05, 0.1) is 6.57 Å². The van der Waals surface area contributed by atoms with Crippen molar-refractivity contribution in [2.45, 2.75) is 18.4 Å². The molecule has 0 radical (unpaired) electrons. The van der Waals surface area contributed by atoms with E-state index in [4.69, 9.17) is 40.2 Å². The Balaban J connectivity index is 2.16. The molecule has 23 heavy (non-hydrogen) atoms. The number of nitrogens with two attached hydrogens (primary N) is 1. The van der Waals surface area contributed by atoms with Crippen LogP contribution in [0.2, 0.25) is 0 Å². The van der Waals surface area contributed by atoms with E-state index < -0.39 is 11.5 Å². The van der Waals surface area contributed by atoms with Gasteiger partial charge in [0.2, 0.25) is 0 Å². The van der Waals surface area contributed by atoms with Gasteiger partial charge >= 0.3 is 5.97 Å². The van der Waals surface area contributed by atoms with Gasteiger partial charge in [-0.05, 0) is 22.8 Å². The molecule has 0 aliphatic rings. The van der Waals surface area contributed by atoms with Crippen molar-refractivity contribution in [3.63, 3.8) is 0 Å². The van der Waals surface area contributed by atoms with Crippen molar-refractivity contribution in [3.8, 4) is 0 Å². The fourth-order valence-corrected chi connectivity index (χ4v) is 2.47. The third-order valence-electron chi connectivity index (χ3n) is 3.39. The molecule has 0 fully saturated rings. The highest BCUT2D eigenvalue weighted by Gasteiger charge is 2.14. The second-order valence-electron chi connectivity index (χ2n) is 4.88. The molecule has 2 aromatic rings. The third kappa shape index (κ3) is 3.95. The molecule has 4 nitrogen and oxygen atoms in total. The second-order valence-corrected chi connectivity index (χ2v) is 5.82. The summed E-state index contributed by atoms with van der Waals surface area (Å²) in [5.41, 5.74) is 7.42. The number of nitrogens with zero attached hydrogens (tertiary/aromatic N) is 1. The fourth-order valence-electron chi connectivity index (χ4n) is 2.23. The van der Waals surface area contributed by atoms with Crippen LogP contribution < -0.4 is 5.73 Å². The Morgan fingerprint density at radius 1 is 1.35 bits per heavy atom. The quantitative estimate of drug-likeness (QED) is 0.278. The molecule has 0 aromatic heterocycles. The van der Waals surface area contributed by atoms with E-state index in [1.807, 2.05) is 18.2 Å². The van der Waals surface area contributed by atoms with E-state index in [2.05, 4.69) is 11.4 Å². The monoisotopic (exact) mass is 348 g/mol. The van der Waals surface area contributed by atoms with E-state index >= 15 is 0 Å². The number of hydrogen-bond donors (Lipinski definition) is 1. The lowest BCUT2D eigenvalue weighted by Gasteiger charge is -2.13. The summed E-state index contributed by atoms with van der Waals surface area (Å²) in [6, 6.07) is 9.15. The zero-order valence-electron chi connectivity index (χ0n) is 12.2. The first kappa shape index (κ1) is 17.1. The number of halogens is 2. The number of nitrogen functional groups attached to an aromatic ring is 1. The standard InChI is InChI=1S/C17H14Cl2N2O2/c1-10(18)17(22)23-15(19)9-7-11-6-8-12-13(16(11)20)4-3-5-14(12)21-2/h3-6,8,15H,1,7,9,20H2. The molecule has 1 atom stereocenters. The van der Waals surface area contributed by atoms with Crippen LogP contribution in [0, 0.1) is 6.57 Å². The molecule has 0 saturated heterocycles. The van der Waals surface area contributed by atoms with Crippen LogP contribution in [0.25, 0.3) is 15.6 Å². The van der Waals surface area contributed by atoms with Gasteiger partial charge in [0, 0.05) is 12.1 Å². The van der Waals surface area contributed by atoms with Gasteiger partial charge in [-0.15, -0.1) is 0 Å². The summed E-state index contributed by atoms with van der Waals surface area (Å²) in [7, 11) is 0. The van der Waals surface area contributed by atoms with Gasteiger partial charge in [0.1, 0.15) is 5.03 Å². The van der Waals surface area contributed by atoms with Gasteiger partial charge < -0.3 is 10.5 Å². The van der Waals surface area contributed by atoms with E-state index in [-0.39, 0.29) is 5.03 Å². The van der Waals surface area contributed by atoms with E-state index in [0.717, 1.165) is 16.3 Å². The minimum Gasteiger partial charge on any atom is -0.442 e. The van der Waals surface area contributed by atoms with E-state index in [1.165, 1.54) is 0 Å². The van der Waals surface area contributed by atoms with Crippen LogP contribution in [-0.2, 0) is 16.0 Å². The first-order valence-electron chi connectivity index (χ1n) is 6.81. The number of alkyl halides is 1. The van der Waals surface area contributed by atoms with E-state index in [1.54, 1.807) is 12.1 Å². The highest BCUT2D eigenvalue weighted by atomic mass is 35.5. The van der Waals surface area contributed by atoms with Crippen LogP contribution >= 0.6 is 23.2 Å². The number of aryl methyl sites for hydroxylation is 1.